The van der Waals surface area contributed by atoms with Crippen LogP contribution in [-0.4, -0.2) is 67.3 Å². The van der Waals surface area contributed by atoms with Crippen molar-refractivity contribution in [3.63, 3.8) is 0 Å². The van der Waals surface area contributed by atoms with Crippen molar-refractivity contribution >= 4 is 29.9 Å². The highest BCUT2D eigenvalue weighted by atomic mass is 127. The van der Waals surface area contributed by atoms with E-state index >= 15 is 0 Å². The van der Waals surface area contributed by atoms with Gasteiger partial charge in [-0.05, 0) is 18.4 Å². The molecule has 7 nitrogen and oxygen atoms in total. The van der Waals surface area contributed by atoms with Crippen LogP contribution in [0.25, 0.3) is 0 Å². The van der Waals surface area contributed by atoms with Crippen LogP contribution in [0, 0.1) is 0 Å². The first-order valence-corrected chi connectivity index (χ1v) is 10.0. The van der Waals surface area contributed by atoms with Gasteiger partial charge in [0.15, 0.2) is 5.96 Å². The SMILES string of the molecule is CN=C(NCCCCOCc1ccccc1)N1CCN(Cc2ccon2)CC1.I. The maximum Gasteiger partial charge on any atom is 0.193 e. The lowest BCUT2D eigenvalue weighted by Gasteiger charge is -2.36. The molecule has 1 N–H and O–H groups in total. The zero-order chi connectivity index (χ0) is 19.4. The number of hydrogen-bond donors (Lipinski definition) is 1. The number of ether oxygens (including phenoxy) is 1. The Morgan fingerprint density at radius 3 is 2.62 bits per heavy atom. The monoisotopic (exact) mass is 513 g/mol. The summed E-state index contributed by atoms with van der Waals surface area (Å²) in [5.74, 6) is 0.992. The predicted molar refractivity (Wildman–Crippen MR) is 125 cm³/mol. The summed E-state index contributed by atoms with van der Waals surface area (Å²) < 4.78 is 10.6. The number of nitrogens with one attached hydrogen (secondary N) is 1. The molecule has 0 atom stereocenters. The van der Waals surface area contributed by atoms with E-state index in [2.05, 4.69) is 37.4 Å². The second-order valence-corrected chi connectivity index (χ2v) is 6.97. The Labute approximate surface area is 190 Å². The van der Waals surface area contributed by atoms with Crippen LogP contribution in [0.15, 0.2) is 52.2 Å². The molecule has 0 amide bonds. The van der Waals surface area contributed by atoms with E-state index in [-0.39, 0.29) is 24.0 Å². The maximum absolute atomic E-state index is 5.74. The number of aromatic nitrogens is 1. The van der Waals surface area contributed by atoms with E-state index in [1.54, 1.807) is 6.26 Å². The van der Waals surface area contributed by atoms with Crippen LogP contribution in [0.1, 0.15) is 24.1 Å². The lowest BCUT2D eigenvalue weighted by molar-refractivity contribution is 0.117. The van der Waals surface area contributed by atoms with E-state index in [1.807, 2.05) is 31.3 Å². The smallest absolute Gasteiger partial charge is 0.193 e. The van der Waals surface area contributed by atoms with Gasteiger partial charge in [0, 0.05) is 59.0 Å². The van der Waals surface area contributed by atoms with E-state index in [0.717, 1.165) is 70.4 Å². The van der Waals surface area contributed by atoms with E-state index in [0.29, 0.717) is 6.61 Å². The van der Waals surface area contributed by atoms with Crippen LogP contribution in [0.2, 0.25) is 0 Å². The standard InChI is InChI=1S/C21H31N5O2.HI/c1-22-21(23-10-5-6-15-27-18-19-7-3-2-4-8-19)26-13-11-25(12-14-26)17-20-9-16-28-24-20;/h2-4,7-9,16H,5-6,10-15,17-18H2,1H3,(H,22,23);1H. The summed E-state index contributed by atoms with van der Waals surface area (Å²) >= 11 is 0. The number of nitrogens with zero attached hydrogens (tertiary/aromatic N) is 4. The Balaban J connectivity index is 0.00000300. The van der Waals surface area contributed by atoms with E-state index in [9.17, 15) is 0 Å². The molecule has 1 aliphatic heterocycles. The molecule has 1 aromatic carbocycles. The number of hydrogen-bond acceptors (Lipinski definition) is 5. The fraction of sp³-hybridized carbons (Fsp3) is 0.524. The molecule has 0 bridgehead atoms. The van der Waals surface area contributed by atoms with Crippen LogP contribution < -0.4 is 5.32 Å². The molecule has 2 heterocycles. The number of rotatable bonds is 9. The van der Waals surface area contributed by atoms with Gasteiger partial charge in [0.05, 0.1) is 12.3 Å². The highest BCUT2D eigenvalue weighted by Gasteiger charge is 2.20. The van der Waals surface area contributed by atoms with E-state index in [4.69, 9.17) is 9.26 Å². The Morgan fingerprint density at radius 2 is 1.93 bits per heavy atom. The molecule has 29 heavy (non-hydrogen) atoms. The van der Waals surface area contributed by atoms with Gasteiger partial charge in [-0.15, -0.1) is 24.0 Å². The Morgan fingerprint density at radius 1 is 1.14 bits per heavy atom. The summed E-state index contributed by atoms with van der Waals surface area (Å²) in [5, 5.41) is 7.47. The minimum atomic E-state index is 0. The Hall–Kier alpha value is -1.65. The topological polar surface area (TPSA) is 66.1 Å². The average molecular weight is 513 g/mol. The quantitative estimate of drug-likeness (QED) is 0.241. The average Bonchev–Trinajstić information content (AvgIpc) is 3.25. The summed E-state index contributed by atoms with van der Waals surface area (Å²) in [7, 11) is 1.85. The van der Waals surface area contributed by atoms with Crippen molar-refractivity contribution in [1.82, 2.24) is 20.3 Å². The third kappa shape index (κ3) is 8.31. The highest BCUT2D eigenvalue weighted by molar-refractivity contribution is 14.0. The lowest BCUT2D eigenvalue weighted by Crippen LogP contribution is -2.52. The molecule has 1 saturated heterocycles. The molecule has 0 radical (unpaired) electrons. The van der Waals surface area contributed by atoms with Crippen molar-refractivity contribution in [2.75, 3.05) is 46.4 Å². The first-order chi connectivity index (χ1) is 13.8. The zero-order valence-electron chi connectivity index (χ0n) is 17.1. The van der Waals surface area contributed by atoms with Crippen molar-refractivity contribution in [3.05, 3.63) is 53.9 Å². The third-order valence-corrected chi connectivity index (χ3v) is 4.87. The molecule has 1 aliphatic rings. The van der Waals surface area contributed by atoms with Gasteiger partial charge in [-0.25, -0.2) is 0 Å². The molecule has 0 saturated carbocycles. The van der Waals surface area contributed by atoms with Crippen molar-refractivity contribution < 1.29 is 9.26 Å². The third-order valence-electron chi connectivity index (χ3n) is 4.87. The molecule has 1 aromatic heterocycles. The summed E-state index contributed by atoms with van der Waals surface area (Å²) in [6.07, 6.45) is 3.74. The molecule has 8 heteroatoms. The van der Waals surface area contributed by atoms with Crippen LogP contribution in [0.3, 0.4) is 0 Å². The number of halogens is 1. The number of aliphatic imine (C=N–C) groups is 1. The van der Waals surface area contributed by atoms with E-state index < -0.39 is 0 Å². The number of benzene rings is 1. The van der Waals surface area contributed by atoms with Gasteiger partial charge in [0.1, 0.15) is 6.26 Å². The Kier molecular flexibility index (Phi) is 11.0. The normalized spacial score (nSPS) is 15.2. The summed E-state index contributed by atoms with van der Waals surface area (Å²) in [5.41, 5.74) is 2.22. The lowest BCUT2D eigenvalue weighted by atomic mass is 10.2. The molecule has 1 fully saturated rings. The van der Waals surface area contributed by atoms with Gasteiger partial charge >= 0.3 is 0 Å². The molecule has 2 aromatic rings. The van der Waals surface area contributed by atoms with Crippen LogP contribution in [0.4, 0.5) is 0 Å². The summed E-state index contributed by atoms with van der Waals surface area (Å²) in [4.78, 5) is 9.16. The minimum Gasteiger partial charge on any atom is -0.377 e. The van der Waals surface area contributed by atoms with Gasteiger partial charge in [-0.1, -0.05) is 35.5 Å². The van der Waals surface area contributed by atoms with Gasteiger partial charge in [0.25, 0.3) is 0 Å². The number of unbranched alkanes of at least 4 members (excludes halogenated alkanes) is 1. The molecule has 0 aliphatic carbocycles. The molecule has 3 rings (SSSR count). The molecule has 160 valence electrons. The second-order valence-electron chi connectivity index (χ2n) is 6.97. The van der Waals surface area contributed by atoms with Crippen LogP contribution >= 0.6 is 24.0 Å². The summed E-state index contributed by atoms with van der Waals surface area (Å²) in [6.45, 7) is 7.18. The van der Waals surface area contributed by atoms with Gasteiger partial charge in [-0.3, -0.25) is 9.89 Å². The van der Waals surface area contributed by atoms with Gasteiger partial charge in [-0.2, -0.15) is 0 Å². The largest absolute Gasteiger partial charge is 0.377 e. The number of guanidine groups is 1. The predicted octanol–water partition coefficient (Wildman–Crippen LogP) is 2.98. The van der Waals surface area contributed by atoms with Crippen molar-refractivity contribution in [3.8, 4) is 0 Å². The summed E-state index contributed by atoms with van der Waals surface area (Å²) in [6, 6.07) is 12.2. The fourth-order valence-electron chi connectivity index (χ4n) is 3.29. The minimum absolute atomic E-state index is 0. The molecule has 0 unspecified atom stereocenters. The first-order valence-electron chi connectivity index (χ1n) is 10.0. The molecular formula is C21H32IN5O2. The van der Waals surface area contributed by atoms with Crippen molar-refractivity contribution in [2.45, 2.75) is 26.0 Å². The zero-order valence-corrected chi connectivity index (χ0v) is 19.5. The van der Waals surface area contributed by atoms with Gasteiger partial charge in [0.2, 0.25) is 0 Å². The molecular weight excluding hydrogens is 481 g/mol. The van der Waals surface area contributed by atoms with Gasteiger partial charge < -0.3 is 19.5 Å². The molecule has 0 spiro atoms. The van der Waals surface area contributed by atoms with Crippen LogP contribution in [-0.2, 0) is 17.9 Å². The van der Waals surface area contributed by atoms with Crippen LogP contribution in [0.5, 0.6) is 0 Å². The van der Waals surface area contributed by atoms with E-state index in [1.165, 1.54) is 5.56 Å². The highest BCUT2D eigenvalue weighted by Crippen LogP contribution is 2.07. The number of piperazine rings is 1. The maximum atomic E-state index is 5.74. The fourth-order valence-corrected chi connectivity index (χ4v) is 3.29. The van der Waals surface area contributed by atoms with Crippen molar-refractivity contribution in [1.29, 1.82) is 0 Å². The first kappa shape index (κ1) is 23.6. The Bertz CT molecular complexity index is 688. The second kappa shape index (κ2) is 13.6. The van der Waals surface area contributed by atoms with Crippen molar-refractivity contribution in [2.24, 2.45) is 4.99 Å².